The molecule has 0 amide bonds. The monoisotopic (exact) mass is 191 g/mol. The Bertz CT molecular complexity index is 201. The van der Waals surface area contributed by atoms with Crippen LogP contribution < -0.4 is 5.32 Å². The maximum Gasteiger partial charge on any atom is 0.0877 e. The van der Waals surface area contributed by atoms with Crippen molar-refractivity contribution in [1.82, 2.24) is 9.62 Å². The van der Waals surface area contributed by atoms with Gasteiger partial charge in [0.05, 0.1) is 18.8 Å². The lowest BCUT2D eigenvalue weighted by atomic mass is 10.2. The fourth-order valence-electron chi connectivity index (χ4n) is 1.74. The molecule has 2 aliphatic heterocycles. The summed E-state index contributed by atoms with van der Waals surface area (Å²) in [5.41, 5.74) is 0. The predicted molar refractivity (Wildman–Crippen MR) is 42.0 cm³/mol. The van der Waals surface area contributed by atoms with Gasteiger partial charge in [0.15, 0.2) is 0 Å². The first-order valence-corrected chi connectivity index (χ1v) is 5.00. The van der Waals surface area contributed by atoms with E-state index >= 15 is 0 Å². The van der Waals surface area contributed by atoms with Crippen molar-refractivity contribution in [3.8, 4) is 0 Å². The lowest BCUT2D eigenvalue weighted by Gasteiger charge is -2.37. The summed E-state index contributed by atoms with van der Waals surface area (Å²) in [6.07, 6.45) is 0.0525. The smallest absolute Gasteiger partial charge is 0.0877 e. The van der Waals surface area contributed by atoms with Crippen LogP contribution in [0, 0.1) is 0 Å². The minimum absolute atomic E-state index is 0.0112. The van der Waals surface area contributed by atoms with Gasteiger partial charge in [-0.05, 0) is 0 Å². The molecule has 0 aromatic rings. The van der Waals surface area contributed by atoms with Crippen molar-refractivity contribution in [2.45, 2.75) is 12.1 Å². The minimum Gasteiger partial charge on any atom is -0.760 e. The van der Waals surface area contributed by atoms with Crippen molar-refractivity contribution in [2.75, 3.05) is 26.2 Å². The Hall–Kier alpha value is -0.0100. The van der Waals surface area contributed by atoms with E-state index in [0.29, 0.717) is 19.7 Å². The molecule has 2 heterocycles. The first kappa shape index (κ1) is 8.58. The first-order valence-electron chi connectivity index (χ1n) is 3.97. The van der Waals surface area contributed by atoms with Gasteiger partial charge in [0, 0.05) is 30.9 Å². The van der Waals surface area contributed by atoms with Crippen LogP contribution in [0.4, 0.5) is 0 Å². The Morgan fingerprint density at radius 1 is 1.58 bits per heavy atom. The van der Waals surface area contributed by atoms with Gasteiger partial charge >= 0.3 is 0 Å². The molecule has 2 aliphatic rings. The topological polar surface area (TPSA) is 64.6 Å². The van der Waals surface area contributed by atoms with Crippen LogP contribution in [0.25, 0.3) is 0 Å². The SMILES string of the molecule is O=S([O-])N1CCOC2CNCC21. The molecule has 0 saturated carbocycles. The number of hydrogen-bond acceptors (Lipinski definition) is 4. The molecule has 2 fully saturated rings. The van der Waals surface area contributed by atoms with Crippen LogP contribution in [0.3, 0.4) is 0 Å². The van der Waals surface area contributed by atoms with Crippen LogP contribution in [0.1, 0.15) is 0 Å². The summed E-state index contributed by atoms with van der Waals surface area (Å²) < 4.78 is 28.4. The predicted octanol–water partition coefficient (Wildman–Crippen LogP) is -1.55. The lowest BCUT2D eigenvalue weighted by Crippen LogP contribution is -2.51. The number of hydrogen-bond donors (Lipinski definition) is 1. The average molecular weight is 191 g/mol. The molecule has 2 rings (SSSR count). The summed E-state index contributed by atoms with van der Waals surface area (Å²) in [4.78, 5) is 0. The molecule has 0 aliphatic carbocycles. The largest absolute Gasteiger partial charge is 0.760 e. The van der Waals surface area contributed by atoms with E-state index in [9.17, 15) is 8.76 Å². The van der Waals surface area contributed by atoms with Crippen LogP contribution in [0.15, 0.2) is 0 Å². The molecule has 5 nitrogen and oxygen atoms in total. The second-order valence-electron chi connectivity index (χ2n) is 2.99. The zero-order chi connectivity index (χ0) is 8.55. The number of morpholine rings is 1. The van der Waals surface area contributed by atoms with Crippen molar-refractivity contribution in [3.05, 3.63) is 0 Å². The average Bonchev–Trinajstić information content (AvgIpc) is 2.49. The van der Waals surface area contributed by atoms with Crippen molar-refractivity contribution >= 4 is 11.3 Å². The van der Waals surface area contributed by atoms with Gasteiger partial charge in [-0.1, -0.05) is 0 Å². The zero-order valence-corrected chi connectivity index (χ0v) is 7.38. The van der Waals surface area contributed by atoms with Gasteiger partial charge in [-0.15, -0.1) is 0 Å². The quantitative estimate of drug-likeness (QED) is 0.510. The fourth-order valence-corrected chi connectivity index (χ4v) is 2.40. The highest BCUT2D eigenvalue weighted by Crippen LogP contribution is 2.17. The van der Waals surface area contributed by atoms with E-state index < -0.39 is 11.3 Å². The Morgan fingerprint density at radius 3 is 3.17 bits per heavy atom. The third-order valence-electron chi connectivity index (χ3n) is 2.33. The van der Waals surface area contributed by atoms with E-state index in [1.807, 2.05) is 0 Å². The molecule has 3 unspecified atom stereocenters. The Labute approximate surface area is 73.5 Å². The summed E-state index contributed by atoms with van der Waals surface area (Å²) >= 11 is -2.10. The molecule has 0 spiro atoms. The standard InChI is InChI=1S/C6H12N2O3S/c9-12(10)8-1-2-11-6-4-7-3-5(6)8/h5-7H,1-4H2,(H,9,10)/p-1. The third-order valence-corrected chi connectivity index (χ3v) is 3.17. The molecule has 0 aromatic carbocycles. The molecule has 0 bridgehead atoms. The normalized spacial score (nSPS) is 39.4. The number of ether oxygens (including phenoxy) is 1. The van der Waals surface area contributed by atoms with Gasteiger partial charge in [-0.3, -0.25) is 4.21 Å². The van der Waals surface area contributed by atoms with E-state index in [1.54, 1.807) is 0 Å². The van der Waals surface area contributed by atoms with Gasteiger partial charge in [-0.25, -0.2) is 4.31 Å². The minimum atomic E-state index is -2.10. The second-order valence-corrected chi connectivity index (χ2v) is 3.90. The number of rotatable bonds is 1. The van der Waals surface area contributed by atoms with Gasteiger partial charge < -0.3 is 14.6 Å². The van der Waals surface area contributed by atoms with E-state index in [0.717, 1.165) is 6.54 Å². The van der Waals surface area contributed by atoms with Crippen molar-refractivity contribution in [2.24, 2.45) is 0 Å². The number of nitrogens with one attached hydrogen (secondary N) is 1. The van der Waals surface area contributed by atoms with Crippen molar-refractivity contribution < 1.29 is 13.5 Å². The molecule has 1 N–H and O–H groups in total. The number of fused-ring (bicyclic) bond motifs is 1. The maximum absolute atomic E-state index is 10.7. The van der Waals surface area contributed by atoms with Crippen molar-refractivity contribution in [3.63, 3.8) is 0 Å². The van der Waals surface area contributed by atoms with Crippen LogP contribution in [-0.4, -0.2) is 51.5 Å². The molecular formula is C6H11N2O3S-. The molecular weight excluding hydrogens is 180 g/mol. The third kappa shape index (κ3) is 1.40. The number of nitrogens with zero attached hydrogens (tertiary/aromatic N) is 1. The highest BCUT2D eigenvalue weighted by atomic mass is 32.2. The summed E-state index contributed by atoms with van der Waals surface area (Å²) in [6.45, 7) is 2.47. The molecule has 0 radical (unpaired) electrons. The van der Waals surface area contributed by atoms with Gasteiger partial charge in [0.1, 0.15) is 0 Å². The van der Waals surface area contributed by atoms with Crippen molar-refractivity contribution in [1.29, 1.82) is 0 Å². The van der Waals surface area contributed by atoms with E-state index in [-0.39, 0.29) is 12.1 Å². The van der Waals surface area contributed by atoms with Gasteiger partial charge in [0.2, 0.25) is 0 Å². The summed E-state index contributed by atoms with van der Waals surface area (Å²) in [5, 5.41) is 3.11. The van der Waals surface area contributed by atoms with E-state index in [1.165, 1.54) is 4.31 Å². The van der Waals surface area contributed by atoms with Crippen LogP contribution in [0.5, 0.6) is 0 Å². The Morgan fingerprint density at radius 2 is 2.42 bits per heavy atom. The highest BCUT2D eigenvalue weighted by molar-refractivity contribution is 7.76. The summed E-state index contributed by atoms with van der Waals surface area (Å²) in [5.74, 6) is 0. The Balaban J connectivity index is 2.08. The first-order chi connectivity index (χ1) is 5.79. The molecule has 70 valence electrons. The van der Waals surface area contributed by atoms with Crippen LogP contribution in [0.2, 0.25) is 0 Å². The van der Waals surface area contributed by atoms with E-state index in [4.69, 9.17) is 4.74 Å². The molecule has 3 atom stereocenters. The van der Waals surface area contributed by atoms with E-state index in [2.05, 4.69) is 5.32 Å². The molecule has 6 heteroatoms. The molecule has 2 saturated heterocycles. The Kier molecular flexibility index (Phi) is 2.42. The second kappa shape index (κ2) is 3.39. The maximum atomic E-state index is 10.7. The molecule has 12 heavy (non-hydrogen) atoms. The summed E-state index contributed by atoms with van der Waals surface area (Å²) in [6, 6.07) is 0.0112. The van der Waals surface area contributed by atoms with Gasteiger partial charge in [0.25, 0.3) is 0 Å². The molecule has 0 aromatic heterocycles. The van der Waals surface area contributed by atoms with Gasteiger partial charge in [-0.2, -0.15) is 0 Å². The summed E-state index contributed by atoms with van der Waals surface area (Å²) in [7, 11) is 0. The van der Waals surface area contributed by atoms with Crippen LogP contribution in [-0.2, 0) is 16.0 Å². The fraction of sp³-hybridized carbons (Fsp3) is 1.00. The lowest BCUT2D eigenvalue weighted by molar-refractivity contribution is -0.0155. The highest BCUT2D eigenvalue weighted by Gasteiger charge is 2.36. The van der Waals surface area contributed by atoms with Crippen LogP contribution >= 0.6 is 0 Å². The zero-order valence-electron chi connectivity index (χ0n) is 6.56.